The number of carboxylic acids is 1. The number of nitrogens with one attached hydrogen (secondary N) is 1. The number of carbonyl (C=O) groups is 2. The SMILES string of the molecule is CC(CC(=O)O)CC(=O)c1c(CCOCCNc2cccc(F)c2)n(C)c2ncc(C#N)cc12. The maximum atomic E-state index is 13.2. The van der Waals surface area contributed by atoms with Crippen molar-refractivity contribution >= 4 is 28.5 Å². The summed E-state index contributed by atoms with van der Waals surface area (Å²) in [4.78, 5) is 28.6. The lowest BCUT2D eigenvalue weighted by Crippen LogP contribution is -2.15. The molecule has 34 heavy (non-hydrogen) atoms. The van der Waals surface area contributed by atoms with Crippen LogP contribution in [0.2, 0.25) is 0 Å². The Morgan fingerprint density at radius 2 is 2.09 bits per heavy atom. The number of pyridine rings is 1. The highest BCUT2D eigenvalue weighted by Crippen LogP contribution is 2.28. The lowest BCUT2D eigenvalue weighted by atomic mass is 9.95. The molecule has 0 aliphatic rings. The minimum atomic E-state index is -0.952. The number of hydrogen-bond donors (Lipinski definition) is 2. The Labute approximate surface area is 197 Å². The Balaban J connectivity index is 1.71. The van der Waals surface area contributed by atoms with Crippen LogP contribution in [0.1, 0.15) is 41.4 Å². The number of rotatable bonds is 12. The molecule has 2 heterocycles. The molecule has 0 aliphatic carbocycles. The minimum absolute atomic E-state index is 0.0770. The van der Waals surface area contributed by atoms with Crippen LogP contribution in [-0.4, -0.2) is 46.2 Å². The van der Waals surface area contributed by atoms with Gasteiger partial charge < -0.3 is 19.7 Å². The Morgan fingerprint density at radius 1 is 1.29 bits per heavy atom. The molecule has 0 spiro atoms. The van der Waals surface area contributed by atoms with Gasteiger partial charge in [0.25, 0.3) is 0 Å². The summed E-state index contributed by atoms with van der Waals surface area (Å²) in [6, 6.07) is 9.87. The van der Waals surface area contributed by atoms with E-state index in [1.807, 2.05) is 10.6 Å². The minimum Gasteiger partial charge on any atom is -0.481 e. The van der Waals surface area contributed by atoms with Crippen molar-refractivity contribution in [3.8, 4) is 6.07 Å². The Bertz CT molecular complexity index is 1230. The largest absolute Gasteiger partial charge is 0.481 e. The van der Waals surface area contributed by atoms with E-state index >= 15 is 0 Å². The molecule has 0 saturated heterocycles. The number of Topliss-reactive ketones (excluding diaryl/α,β-unsaturated/α-hetero) is 1. The summed E-state index contributed by atoms with van der Waals surface area (Å²) in [5.41, 5.74) is 2.78. The number of carboxylic acid groups (broad SMARTS) is 1. The summed E-state index contributed by atoms with van der Waals surface area (Å²) in [6.45, 7) is 2.94. The van der Waals surface area contributed by atoms with Gasteiger partial charge in [-0.05, 0) is 30.2 Å². The van der Waals surface area contributed by atoms with Gasteiger partial charge in [0.1, 0.15) is 17.5 Å². The van der Waals surface area contributed by atoms with Gasteiger partial charge in [0.2, 0.25) is 0 Å². The van der Waals surface area contributed by atoms with Crippen LogP contribution in [0.25, 0.3) is 11.0 Å². The number of benzene rings is 1. The lowest BCUT2D eigenvalue weighted by Gasteiger charge is -2.11. The van der Waals surface area contributed by atoms with Gasteiger partial charge in [0.15, 0.2) is 5.78 Å². The first-order valence-electron chi connectivity index (χ1n) is 11.0. The second kappa shape index (κ2) is 11.4. The van der Waals surface area contributed by atoms with Gasteiger partial charge in [-0.15, -0.1) is 0 Å². The first-order chi connectivity index (χ1) is 16.3. The summed E-state index contributed by atoms with van der Waals surface area (Å²) in [5, 5.41) is 22.0. The third-order valence-corrected chi connectivity index (χ3v) is 5.50. The van der Waals surface area contributed by atoms with E-state index in [2.05, 4.69) is 10.3 Å². The van der Waals surface area contributed by atoms with Gasteiger partial charge in [-0.25, -0.2) is 9.37 Å². The van der Waals surface area contributed by atoms with Crippen LogP contribution in [0.5, 0.6) is 0 Å². The summed E-state index contributed by atoms with van der Waals surface area (Å²) >= 11 is 0. The monoisotopic (exact) mass is 466 g/mol. The van der Waals surface area contributed by atoms with E-state index in [4.69, 9.17) is 9.84 Å². The van der Waals surface area contributed by atoms with E-state index in [1.54, 1.807) is 32.2 Å². The molecule has 0 fully saturated rings. The van der Waals surface area contributed by atoms with Crippen LogP contribution in [0.15, 0.2) is 36.5 Å². The molecule has 0 radical (unpaired) electrons. The maximum Gasteiger partial charge on any atom is 0.303 e. The van der Waals surface area contributed by atoms with E-state index in [1.165, 1.54) is 18.3 Å². The van der Waals surface area contributed by atoms with E-state index in [0.717, 1.165) is 5.69 Å². The van der Waals surface area contributed by atoms with Crippen LogP contribution < -0.4 is 5.32 Å². The fourth-order valence-corrected chi connectivity index (χ4v) is 3.95. The number of carbonyl (C=O) groups excluding carboxylic acids is 1. The summed E-state index contributed by atoms with van der Waals surface area (Å²) in [7, 11) is 1.81. The third kappa shape index (κ3) is 6.17. The van der Waals surface area contributed by atoms with Crippen molar-refractivity contribution in [1.29, 1.82) is 5.26 Å². The van der Waals surface area contributed by atoms with E-state index in [-0.39, 0.29) is 30.4 Å². The van der Waals surface area contributed by atoms with E-state index in [0.29, 0.717) is 54.0 Å². The van der Waals surface area contributed by atoms with E-state index < -0.39 is 5.97 Å². The fraction of sp³-hybridized carbons (Fsp3) is 0.360. The predicted molar refractivity (Wildman–Crippen MR) is 125 cm³/mol. The zero-order valence-electron chi connectivity index (χ0n) is 19.2. The Kier molecular flexibility index (Phi) is 8.33. The van der Waals surface area contributed by atoms with Crippen molar-refractivity contribution < 1.29 is 23.8 Å². The van der Waals surface area contributed by atoms with Crippen LogP contribution in [-0.2, 0) is 23.0 Å². The number of ketones is 1. The molecular formula is C25H27FN4O4. The summed E-state index contributed by atoms with van der Waals surface area (Å²) in [5.74, 6) is -1.78. The zero-order chi connectivity index (χ0) is 24.7. The third-order valence-electron chi connectivity index (χ3n) is 5.50. The molecule has 1 aromatic carbocycles. The van der Waals surface area contributed by atoms with Crippen LogP contribution in [0.4, 0.5) is 10.1 Å². The number of fused-ring (bicyclic) bond motifs is 1. The Hall–Kier alpha value is -3.77. The molecule has 3 rings (SSSR count). The average Bonchev–Trinajstić information content (AvgIpc) is 3.06. The van der Waals surface area contributed by atoms with Crippen LogP contribution in [0, 0.1) is 23.1 Å². The first-order valence-corrected chi connectivity index (χ1v) is 11.0. The average molecular weight is 467 g/mol. The summed E-state index contributed by atoms with van der Waals surface area (Å²) in [6.07, 6.45) is 1.87. The quantitative estimate of drug-likeness (QED) is 0.307. The molecule has 9 heteroatoms. The van der Waals surface area contributed by atoms with Crippen molar-refractivity contribution in [2.24, 2.45) is 13.0 Å². The highest BCUT2D eigenvalue weighted by Gasteiger charge is 2.24. The van der Waals surface area contributed by atoms with Gasteiger partial charge in [-0.1, -0.05) is 13.0 Å². The molecular weight excluding hydrogens is 439 g/mol. The molecule has 0 aliphatic heterocycles. The molecule has 178 valence electrons. The van der Waals surface area contributed by atoms with Crippen molar-refractivity contribution in [2.75, 3.05) is 25.1 Å². The molecule has 3 aromatic rings. The number of aromatic nitrogens is 2. The predicted octanol–water partition coefficient (Wildman–Crippen LogP) is 3.94. The topological polar surface area (TPSA) is 117 Å². The van der Waals surface area contributed by atoms with Gasteiger partial charge in [-0.3, -0.25) is 9.59 Å². The van der Waals surface area contributed by atoms with Crippen molar-refractivity contribution in [1.82, 2.24) is 9.55 Å². The number of hydrogen-bond acceptors (Lipinski definition) is 6. The van der Waals surface area contributed by atoms with Gasteiger partial charge in [0, 0.05) is 61.4 Å². The van der Waals surface area contributed by atoms with Gasteiger partial charge in [0.05, 0.1) is 18.8 Å². The molecule has 1 atom stereocenters. The zero-order valence-corrected chi connectivity index (χ0v) is 19.2. The lowest BCUT2D eigenvalue weighted by molar-refractivity contribution is -0.137. The normalized spacial score (nSPS) is 11.8. The highest BCUT2D eigenvalue weighted by molar-refractivity contribution is 6.09. The number of nitrogens with zero attached hydrogens (tertiary/aromatic N) is 3. The molecule has 8 nitrogen and oxygen atoms in total. The maximum absolute atomic E-state index is 13.2. The van der Waals surface area contributed by atoms with Crippen molar-refractivity contribution in [2.45, 2.75) is 26.2 Å². The number of aryl methyl sites for hydroxylation is 1. The second-order valence-corrected chi connectivity index (χ2v) is 8.22. The second-order valence-electron chi connectivity index (χ2n) is 8.22. The highest BCUT2D eigenvalue weighted by atomic mass is 19.1. The van der Waals surface area contributed by atoms with Crippen LogP contribution in [0.3, 0.4) is 0 Å². The van der Waals surface area contributed by atoms with E-state index in [9.17, 15) is 19.2 Å². The van der Waals surface area contributed by atoms with Crippen molar-refractivity contribution in [3.05, 3.63) is 59.2 Å². The first kappa shape index (κ1) is 24.9. The fourth-order valence-electron chi connectivity index (χ4n) is 3.95. The van der Waals surface area contributed by atoms with Gasteiger partial charge in [-0.2, -0.15) is 5.26 Å². The van der Waals surface area contributed by atoms with Gasteiger partial charge >= 0.3 is 5.97 Å². The molecule has 2 N–H and O–H groups in total. The Morgan fingerprint density at radius 3 is 2.79 bits per heavy atom. The summed E-state index contributed by atoms with van der Waals surface area (Å²) < 4.78 is 20.8. The smallest absolute Gasteiger partial charge is 0.303 e. The number of anilines is 1. The number of nitriles is 1. The van der Waals surface area contributed by atoms with Crippen molar-refractivity contribution in [3.63, 3.8) is 0 Å². The number of ether oxygens (including phenoxy) is 1. The molecule has 0 saturated carbocycles. The number of aliphatic carboxylic acids is 1. The molecule has 2 aromatic heterocycles. The standard InChI is InChI=1S/C25H27FN4O4/c1-16(11-23(32)33)10-22(31)24-20-12-17(14-27)15-29-25(20)30(2)21(24)6-8-34-9-7-28-19-5-3-4-18(26)13-19/h3-5,12-13,15-16,28H,6-11H2,1-2H3,(H,32,33). The molecule has 0 amide bonds. The molecule has 1 unspecified atom stereocenters. The molecule has 0 bridgehead atoms. The van der Waals surface area contributed by atoms with Crippen LogP contribution >= 0.6 is 0 Å². The number of halogens is 1.